The number of likely N-dealkylation sites (N-methyl/N-ethyl adjacent to an activating group) is 1. The maximum atomic E-state index is 14.2. The maximum Gasteiger partial charge on any atom is 0.326 e. The number of hydrogen-bond acceptors (Lipinski definition) is 23. The van der Waals surface area contributed by atoms with Gasteiger partial charge in [0.1, 0.15) is 76.1 Å². The zero-order valence-electron chi connectivity index (χ0n) is 75.7. The predicted molar refractivity (Wildman–Crippen MR) is 488 cm³/mol. The standard InChI is InChI=1S/C86H128B2N18O23P2/c1-52(2)39-61(104-83(123)64(101-71(111)45-89)42-55-21-13-10-14-22-55)80(120)95-47-73(113)99-58(78(118)92-35-36-128-37-38-129-51-75(115)90-7)27-19-20-34-91-67(107)32-33-70(110)100-60(86(126)127)29-31-69(109)98-59(79(119)94-48-74(114)103-66(44-57-25-17-12-18-26-57)85(125)106-63(41-54(5)6)82(122)97-50-77(117)131(9)88)28-30-68(108)93-46-72(112)102-65(43-56-23-15-11-16-24-56)84(124)105-62(40-53(3)4)81(121)96-49-76(116)130(8)87/h10-18,21-26,52-54,58-66H,19-20,27-51,89H2,1-9H3,(H,90,115)(H,91,107)(H,92,118)(H,93,108)(H,94,119)(H,95,120)(H,96,121)(H,97,122)(H,98,109)(H,99,113)(H,100,110)(H,101,111)(H,102,112)(H,103,114)(H,104,123)(H,105,124)(H,106,125)(H,126,127). The molecule has 45 heteroatoms. The van der Waals surface area contributed by atoms with Crippen molar-refractivity contribution in [2.24, 2.45) is 23.5 Å². The molecule has 3 aromatic carbocycles. The van der Waals surface area contributed by atoms with Gasteiger partial charge < -0.3 is 111 Å². The Kier molecular flexibility index (Phi) is 54.9. The topological polar surface area (TPSA) is 611 Å². The number of unbranched alkanes of at least 4 members (excludes halogenated alkanes) is 1. The van der Waals surface area contributed by atoms with Gasteiger partial charge in [-0.2, -0.15) is 0 Å². The first-order chi connectivity index (χ1) is 62.2. The average molecular weight is 1870 g/mol. The molecule has 0 saturated carbocycles. The zero-order chi connectivity index (χ0) is 97.5. The average Bonchev–Trinajstić information content (AvgIpc) is 0.869. The lowest BCUT2D eigenvalue weighted by atomic mass is 10.0. The van der Waals surface area contributed by atoms with Crippen molar-refractivity contribution in [1.82, 2.24) is 90.4 Å². The van der Waals surface area contributed by atoms with Gasteiger partial charge in [-0.15, -0.1) is 0 Å². The Balaban J connectivity index is 1.78. The summed E-state index contributed by atoms with van der Waals surface area (Å²) in [5.74, 6) is -15.2. The van der Waals surface area contributed by atoms with Gasteiger partial charge in [-0.1, -0.05) is 148 Å². The minimum Gasteiger partial charge on any atom is -0.480 e. The molecule has 3 rings (SSSR count). The minimum absolute atomic E-state index is 0.00526. The van der Waals surface area contributed by atoms with Crippen LogP contribution < -0.4 is 96.1 Å². The molecule has 20 N–H and O–H groups in total. The number of aliphatic carboxylic acids is 1. The second-order valence-electron chi connectivity index (χ2n) is 32.1. The van der Waals surface area contributed by atoms with Crippen molar-refractivity contribution in [1.29, 1.82) is 0 Å². The van der Waals surface area contributed by atoms with Crippen molar-refractivity contribution in [2.75, 3.05) is 99.2 Å². The van der Waals surface area contributed by atoms with E-state index < -0.39 is 253 Å². The van der Waals surface area contributed by atoms with Gasteiger partial charge in [-0.25, -0.2) is 4.79 Å². The summed E-state index contributed by atoms with van der Waals surface area (Å²) in [5, 5.41) is 53.2. The summed E-state index contributed by atoms with van der Waals surface area (Å²) in [6.07, 6.45) is -2.89. The van der Waals surface area contributed by atoms with Crippen LogP contribution in [0.15, 0.2) is 91.0 Å². The number of carbonyl (C=O) groups excluding carboxylic acids is 19. The third kappa shape index (κ3) is 49.8. The van der Waals surface area contributed by atoms with Crippen molar-refractivity contribution in [3.8, 4) is 0 Å². The third-order valence-electron chi connectivity index (χ3n) is 19.4. The fourth-order valence-corrected chi connectivity index (χ4v) is 13.1. The molecule has 716 valence electrons. The van der Waals surface area contributed by atoms with Gasteiger partial charge in [0.2, 0.25) is 100 Å². The summed E-state index contributed by atoms with van der Waals surface area (Å²) in [4.78, 5) is 266. The lowest BCUT2D eigenvalue weighted by Gasteiger charge is -2.25. The molecule has 11 atom stereocenters. The van der Waals surface area contributed by atoms with Gasteiger partial charge in [-0.3, -0.25) is 91.1 Å². The quantitative estimate of drug-likeness (QED) is 0.0150. The van der Waals surface area contributed by atoms with Crippen LogP contribution in [0.25, 0.3) is 0 Å². The number of carboxylic acid groups (broad SMARTS) is 1. The molecular weight excluding hydrogens is 1740 g/mol. The van der Waals surface area contributed by atoms with Crippen LogP contribution in [-0.4, -0.2) is 291 Å². The number of nitrogens with one attached hydrogen (secondary N) is 17. The van der Waals surface area contributed by atoms with Crippen molar-refractivity contribution in [3.63, 3.8) is 0 Å². The Bertz CT molecular complexity index is 4260. The molecule has 0 spiro atoms. The largest absolute Gasteiger partial charge is 0.480 e. The summed E-state index contributed by atoms with van der Waals surface area (Å²) in [7, 11) is 9.88. The molecule has 0 fully saturated rings. The summed E-state index contributed by atoms with van der Waals surface area (Å²) >= 11 is 0. The van der Waals surface area contributed by atoms with Gasteiger partial charge in [0.25, 0.3) is 0 Å². The van der Waals surface area contributed by atoms with E-state index in [0.29, 0.717) is 16.7 Å². The van der Waals surface area contributed by atoms with Gasteiger partial charge in [-0.05, 0) is 99.1 Å². The molecule has 0 aliphatic carbocycles. The van der Waals surface area contributed by atoms with Crippen LogP contribution in [0.4, 0.5) is 0 Å². The van der Waals surface area contributed by atoms with E-state index in [0.717, 1.165) is 0 Å². The highest BCUT2D eigenvalue weighted by molar-refractivity contribution is 7.95. The van der Waals surface area contributed by atoms with Gasteiger partial charge >= 0.3 is 5.97 Å². The SMILES string of the molecule is [B]P(C)C(=O)CNC(=O)C(CC(C)C)NC(=O)C(Cc1ccccc1)NC(=O)CNC(=O)CCC(NC(=O)CCC(NC(=O)CCC(=O)NCCCCC(NC(=O)CNC(=O)C(CC(C)C)NC(=O)C(Cc1ccccc1)NC(=O)CN)C(=O)NCCOCCOCC(=O)NC)C(=O)O)C(=O)NCC(=O)NC(Cc1ccccc1)C(=O)NC(CC(C)C)C(=O)NCC(=O)P([B])C. The van der Waals surface area contributed by atoms with Crippen LogP contribution in [0, 0.1) is 17.8 Å². The van der Waals surface area contributed by atoms with Crippen molar-refractivity contribution in [3.05, 3.63) is 108 Å². The van der Waals surface area contributed by atoms with E-state index >= 15 is 0 Å². The van der Waals surface area contributed by atoms with Crippen LogP contribution in [0.2, 0.25) is 0 Å². The smallest absolute Gasteiger partial charge is 0.326 e. The number of carboxylic acids is 1. The first kappa shape index (κ1) is 114. The van der Waals surface area contributed by atoms with Crippen molar-refractivity contribution in [2.45, 2.75) is 192 Å². The molecule has 0 heterocycles. The van der Waals surface area contributed by atoms with E-state index in [9.17, 15) is 101 Å². The highest BCUT2D eigenvalue weighted by Gasteiger charge is 2.34. The van der Waals surface area contributed by atoms with Crippen LogP contribution in [0.3, 0.4) is 0 Å². The second kappa shape index (κ2) is 63.4. The third-order valence-corrected chi connectivity index (χ3v) is 21.3. The molecule has 41 nitrogen and oxygen atoms in total. The molecule has 11 unspecified atom stereocenters. The number of amides is 17. The number of benzene rings is 3. The molecular formula is C86H128B2N18O23P2. The molecule has 4 radical (unpaired) electrons. The van der Waals surface area contributed by atoms with Crippen LogP contribution in [0.1, 0.15) is 135 Å². The Morgan fingerprint density at radius 1 is 0.336 bits per heavy atom. The first-order valence-corrected chi connectivity index (χ1v) is 46.9. The summed E-state index contributed by atoms with van der Waals surface area (Å²) in [6.45, 7) is 10.3. The normalized spacial score (nSPS) is 13.5. The lowest BCUT2D eigenvalue weighted by molar-refractivity contribution is -0.142. The highest BCUT2D eigenvalue weighted by atomic mass is 31.1. The molecule has 0 aliphatic rings. The zero-order valence-corrected chi connectivity index (χ0v) is 77.5. The van der Waals surface area contributed by atoms with Crippen LogP contribution in [-0.2, 0) is 125 Å². The van der Waals surface area contributed by atoms with Crippen molar-refractivity contribution >= 4 is 148 Å². The summed E-state index contributed by atoms with van der Waals surface area (Å²) < 4.78 is 10.7. The summed E-state index contributed by atoms with van der Waals surface area (Å²) in [6, 6.07) is 13.7. The van der Waals surface area contributed by atoms with Gasteiger partial charge in [0, 0.05) is 65.1 Å². The van der Waals surface area contributed by atoms with Crippen LogP contribution >= 0.6 is 15.6 Å². The minimum atomic E-state index is -1.76. The summed E-state index contributed by atoms with van der Waals surface area (Å²) in [5.41, 5.74) is 6.59. The highest BCUT2D eigenvalue weighted by Crippen LogP contribution is 2.24. The Morgan fingerprint density at radius 3 is 1.08 bits per heavy atom. The molecule has 0 saturated heterocycles. The van der Waals surface area contributed by atoms with Gasteiger partial charge in [0.15, 0.2) is 11.0 Å². The lowest BCUT2D eigenvalue weighted by Crippen LogP contribution is -2.56. The number of carbonyl (C=O) groups is 20. The monoisotopic (exact) mass is 1860 g/mol. The van der Waals surface area contributed by atoms with E-state index in [4.69, 9.17) is 30.3 Å². The number of hydrogen-bond donors (Lipinski definition) is 19. The Morgan fingerprint density at radius 2 is 0.672 bits per heavy atom. The van der Waals surface area contributed by atoms with E-state index in [-0.39, 0.29) is 128 Å². The van der Waals surface area contributed by atoms with Crippen molar-refractivity contribution < 1.29 is 110 Å². The molecule has 0 aliphatic heterocycles. The predicted octanol–water partition coefficient (Wildman–Crippen LogP) is -3.19. The number of ether oxygens (including phenoxy) is 2. The van der Waals surface area contributed by atoms with Crippen LogP contribution in [0.5, 0.6) is 0 Å². The fraction of sp³-hybridized carbons (Fsp3) is 0.558. The first-order valence-electron chi connectivity index (χ1n) is 43.2. The van der Waals surface area contributed by atoms with E-state index in [1.54, 1.807) is 119 Å². The Labute approximate surface area is 768 Å². The fourth-order valence-electron chi connectivity index (χ4n) is 12.5. The maximum absolute atomic E-state index is 14.2. The molecule has 0 aromatic heterocycles. The number of rotatable bonds is 65. The number of nitrogens with two attached hydrogens (primary N) is 1. The Hall–Kier alpha value is -11.7. The molecule has 131 heavy (non-hydrogen) atoms. The van der Waals surface area contributed by atoms with Gasteiger partial charge in [0.05, 0.1) is 59.1 Å². The molecule has 3 aromatic rings. The van der Waals surface area contributed by atoms with E-state index in [1.165, 1.54) is 20.4 Å². The second-order valence-corrected chi connectivity index (χ2v) is 35.6. The molecule has 0 bridgehead atoms. The van der Waals surface area contributed by atoms with E-state index in [2.05, 4.69) is 90.4 Å². The van der Waals surface area contributed by atoms with E-state index in [1.807, 2.05) is 13.8 Å². The molecule has 17 amide bonds.